The Morgan fingerprint density at radius 1 is 1.35 bits per heavy atom. The summed E-state index contributed by atoms with van der Waals surface area (Å²) in [6.07, 6.45) is 0.858. The lowest BCUT2D eigenvalue weighted by Crippen LogP contribution is -2.43. The van der Waals surface area contributed by atoms with Crippen LogP contribution in [-0.2, 0) is 11.2 Å². The molecule has 92 valence electrons. The maximum atomic E-state index is 6.26. The Morgan fingerprint density at radius 2 is 2.12 bits per heavy atom. The number of hydrogen-bond acceptors (Lipinski definition) is 3. The molecule has 0 radical (unpaired) electrons. The van der Waals surface area contributed by atoms with Gasteiger partial charge in [0.1, 0.15) is 0 Å². The van der Waals surface area contributed by atoms with E-state index in [1.807, 2.05) is 6.92 Å². The number of benzene rings is 1. The summed E-state index contributed by atoms with van der Waals surface area (Å²) < 4.78 is 6.77. The van der Waals surface area contributed by atoms with Crippen LogP contribution < -0.4 is 5.73 Å². The topological polar surface area (TPSA) is 35.2 Å². The van der Waals surface area contributed by atoms with E-state index in [4.69, 9.17) is 10.5 Å². The fourth-order valence-corrected chi connectivity index (χ4v) is 2.95. The average Bonchev–Trinajstić information content (AvgIpc) is 2.70. The van der Waals surface area contributed by atoms with Gasteiger partial charge in [0, 0.05) is 16.8 Å². The molecule has 0 fully saturated rings. The van der Waals surface area contributed by atoms with Gasteiger partial charge in [-0.1, -0.05) is 18.2 Å². The Hall–Kier alpha value is -0.900. The smallest absolute Gasteiger partial charge is 0.0646 e. The van der Waals surface area contributed by atoms with Crippen LogP contribution in [0.1, 0.15) is 19.4 Å². The van der Waals surface area contributed by atoms with Crippen molar-refractivity contribution in [2.75, 3.05) is 13.2 Å². The van der Waals surface area contributed by atoms with Crippen LogP contribution in [0.3, 0.4) is 0 Å². The van der Waals surface area contributed by atoms with Crippen LogP contribution in [-0.4, -0.2) is 18.8 Å². The quantitative estimate of drug-likeness (QED) is 0.883. The zero-order valence-electron chi connectivity index (χ0n) is 10.4. The number of nitrogens with two attached hydrogens (primary N) is 1. The Labute approximate surface area is 106 Å². The molecule has 0 bridgehead atoms. The highest BCUT2D eigenvalue weighted by Gasteiger charge is 2.20. The summed E-state index contributed by atoms with van der Waals surface area (Å²) in [7, 11) is 0. The van der Waals surface area contributed by atoms with Crippen molar-refractivity contribution >= 4 is 21.4 Å². The Balaban J connectivity index is 2.18. The first kappa shape index (κ1) is 12.6. The fourth-order valence-electron chi connectivity index (χ4n) is 1.99. The second-order valence-corrected chi connectivity index (χ2v) is 5.64. The second kappa shape index (κ2) is 5.17. The Bertz CT molecular complexity index is 490. The predicted octanol–water partition coefficient (Wildman–Crippen LogP) is 3.20. The standard InChI is InChI=1S/C14H19NOS/c1-3-16-10-14(2,15)8-11-9-17-13-7-5-4-6-12(11)13/h4-7,9H,3,8,10,15H2,1-2H3. The van der Waals surface area contributed by atoms with E-state index in [-0.39, 0.29) is 5.54 Å². The van der Waals surface area contributed by atoms with E-state index in [1.54, 1.807) is 11.3 Å². The molecule has 17 heavy (non-hydrogen) atoms. The van der Waals surface area contributed by atoms with E-state index in [0.29, 0.717) is 6.61 Å². The normalized spacial score (nSPS) is 15.0. The molecule has 0 aliphatic heterocycles. The minimum absolute atomic E-state index is 0.292. The maximum Gasteiger partial charge on any atom is 0.0646 e. The van der Waals surface area contributed by atoms with E-state index in [9.17, 15) is 0 Å². The molecule has 2 rings (SSSR count). The van der Waals surface area contributed by atoms with Crippen molar-refractivity contribution in [1.82, 2.24) is 0 Å². The third-order valence-corrected chi connectivity index (χ3v) is 3.80. The monoisotopic (exact) mass is 249 g/mol. The molecule has 1 heterocycles. The molecule has 3 heteroatoms. The molecule has 2 N–H and O–H groups in total. The van der Waals surface area contributed by atoms with Gasteiger partial charge < -0.3 is 10.5 Å². The van der Waals surface area contributed by atoms with Crippen LogP contribution in [0.2, 0.25) is 0 Å². The molecule has 2 nitrogen and oxygen atoms in total. The third-order valence-electron chi connectivity index (χ3n) is 2.79. The summed E-state index contributed by atoms with van der Waals surface area (Å²) in [4.78, 5) is 0. The largest absolute Gasteiger partial charge is 0.380 e. The molecule has 1 atom stereocenters. The van der Waals surface area contributed by atoms with Gasteiger partial charge in [0.25, 0.3) is 0 Å². The Morgan fingerprint density at radius 3 is 2.88 bits per heavy atom. The summed E-state index contributed by atoms with van der Waals surface area (Å²) >= 11 is 1.78. The number of ether oxygens (including phenoxy) is 1. The molecule has 0 aliphatic rings. The van der Waals surface area contributed by atoms with E-state index < -0.39 is 0 Å². The van der Waals surface area contributed by atoms with Crippen LogP contribution >= 0.6 is 11.3 Å². The van der Waals surface area contributed by atoms with Gasteiger partial charge in [0.05, 0.1) is 6.61 Å². The van der Waals surface area contributed by atoms with Gasteiger partial charge in [-0.25, -0.2) is 0 Å². The van der Waals surface area contributed by atoms with Crippen LogP contribution in [0.15, 0.2) is 29.6 Å². The predicted molar refractivity (Wildman–Crippen MR) is 74.6 cm³/mol. The fraction of sp³-hybridized carbons (Fsp3) is 0.429. The molecule has 0 saturated heterocycles. The highest BCUT2D eigenvalue weighted by Crippen LogP contribution is 2.28. The van der Waals surface area contributed by atoms with Crippen molar-refractivity contribution in [2.45, 2.75) is 25.8 Å². The molecular formula is C14H19NOS. The zero-order valence-corrected chi connectivity index (χ0v) is 11.2. The molecule has 1 aromatic carbocycles. The van der Waals surface area contributed by atoms with Gasteiger partial charge in [0.2, 0.25) is 0 Å². The average molecular weight is 249 g/mol. The van der Waals surface area contributed by atoms with Gasteiger partial charge >= 0.3 is 0 Å². The number of hydrogen-bond donors (Lipinski definition) is 1. The van der Waals surface area contributed by atoms with E-state index in [1.165, 1.54) is 15.6 Å². The van der Waals surface area contributed by atoms with E-state index >= 15 is 0 Å². The van der Waals surface area contributed by atoms with Gasteiger partial charge in [-0.05, 0) is 42.7 Å². The highest BCUT2D eigenvalue weighted by atomic mass is 32.1. The summed E-state index contributed by atoms with van der Waals surface area (Å²) in [6.45, 7) is 5.37. The van der Waals surface area contributed by atoms with E-state index in [0.717, 1.165) is 13.0 Å². The molecule has 0 amide bonds. The molecule has 1 unspecified atom stereocenters. The van der Waals surface area contributed by atoms with Gasteiger partial charge in [-0.15, -0.1) is 11.3 Å². The van der Waals surface area contributed by atoms with Gasteiger partial charge in [0.15, 0.2) is 0 Å². The van der Waals surface area contributed by atoms with Crippen molar-refractivity contribution in [2.24, 2.45) is 5.73 Å². The van der Waals surface area contributed by atoms with E-state index in [2.05, 4.69) is 36.6 Å². The first-order chi connectivity index (χ1) is 8.12. The lowest BCUT2D eigenvalue weighted by atomic mass is 9.94. The second-order valence-electron chi connectivity index (χ2n) is 4.73. The first-order valence-corrected chi connectivity index (χ1v) is 6.82. The van der Waals surface area contributed by atoms with Crippen molar-refractivity contribution in [3.63, 3.8) is 0 Å². The third kappa shape index (κ3) is 3.06. The molecule has 0 spiro atoms. The summed E-state index contributed by atoms with van der Waals surface area (Å²) in [5, 5.41) is 3.53. The van der Waals surface area contributed by atoms with Crippen LogP contribution in [0.25, 0.3) is 10.1 Å². The number of thiophene rings is 1. The first-order valence-electron chi connectivity index (χ1n) is 5.94. The lowest BCUT2D eigenvalue weighted by molar-refractivity contribution is 0.101. The SMILES string of the molecule is CCOCC(C)(N)Cc1csc2ccccc12. The number of fused-ring (bicyclic) bond motifs is 1. The molecule has 1 aromatic heterocycles. The highest BCUT2D eigenvalue weighted by molar-refractivity contribution is 7.17. The van der Waals surface area contributed by atoms with Crippen molar-refractivity contribution in [3.8, 4) is 0 Å². The summed E-state index contributed by atoms with van der Waals surface area (Å²) in [6, 6.07) is 8.47. The minimum Gasteiger partial charge on any atom is -0.380 e. The molecule has 0 saturated carbocycles. The van der Waals surface area contributed by atoms with Crippen molar-refractivity contribution in [1.29, 1.82) is 0 Å². The lowest BCUT2D eigenvalue weighted by Gasteiger charge is -2.24. The van der Waals surface area contributed by atoms with Crippen LogP contribution in [0.4, 0.5) is 0 Å². The minimum atomic E-state index is -0.292. The van der Waals surface area contributed by atoms with Crippen molar-refractivity contribution in [3.05, 3.63) is 35.2 Å². The molecule has 0 aliphatic carbocycles. The zero-order chi connectivity index (χ0) is 12.3. The van der Waals surface area contributed by atoms with Crippen LogP contribution in [0, 0.1) is 0 Å². The number of rotatable bonds is 5. The van der Waals surface area contributed by atoms with Gasteiger partial charge in [-0.3, -0.25) is 0 Å². The van der Waals surface area contributed by atoms with Crippen molar-refractivity contribution < 1.29 is 4.74 Å². The summed E-state index contributed by atoms with van der Waals surface area (Å²) in [5.41, 5.74) is 7.30. The maximum absolute atomic E-state index is 6.26. The van der Waals surface area contributed by atoms with Crippen LogP contribution in [0.5, 0.6) is 0 Å². The van der Waals surface area contributed by atoms with Gasteiger partial charge in [-0.2, -0.15) is 0 Å². The molecule has 2 aromatic rings. The molecular weight excluding hydrogens is 230 g/mol. The Kier molecular flexibility index (Phi) is 3.82. The summed E-state index contributed by atoms with van der Waals surface area (Å²) in [5.74, 6) is 0.